The first-order valence-electron chi connectivity index (χ1n) is 15.1. The van der Waals surface area contributed by atoms with Crippen molar-refractivity contribution >= 4 is 29.8 Å². The van der Waals surface area contributed by atoms with Crippen molar-refractivity contribution < 1.29 is 74.1 Å². The quantitative estimate of drug-likeness (QED) is 0.0813. The Labute approximate surface area is 264 Å². The molecule has 0 aliphatic rings. The van der Waals surface area contributed by atoms with Gasteiger partial charge in [-0.05, 0) is 25.7 Å². The molecule has 11 nitrogen and oxygen atoms in total. The van der Waals surface area contributed by atoms with E-state index in [0.717, 1.165) is 25.7 Å². The standard InChI is InChI=1S/2C12H24O2.C6H8O7.Zn/c2*1-2-3-4-5-6-7-8-9-10-11-12(13)14;7-3(8)1-6(13,5(11)12)2-4(9)10;/h2*2-11H2,1H3,(H,13,14);13H,1-2H2,(H,7,8)(H,9,10)(H,11,12);/q;;;+2/p-2. The molecular formula is C30H54O11Zn. The molecule has 0 bridgehead atoms. The molecule has 0 spiro atoms. The fourth-order valence-corrected chi connectivity index (χ4v) is 3.87. The van der Waals surface area contributed by atoms with Crippen LogP contribution in [0.1, 0.15) is 155 Å². The smallest absolute Gasteiger partial charge is 0.550 e. The molecule has 0 saturated carbocycles. The molecule has 4 N–H and O–H groups in total. The van der Waals surface area contributed by atoms with E-state index < -0.39 is 48.3 Å². The van der Waals surface area contributed by atoms with Crippen LogP contribution in [0.25, 0.3) is 0 Å². The summed E-state index contributed by atoms with van der Waals surface area (Å²) in [6, 6.07) is 0. The average Bonchev–Trinajstić information content (AvgIpc) is 2.86. The number of hydrogen-bond donors (Lipinski definition) is 4. The van der Waals surface area contributed by atoms with Crippen molar-refractivity contribution in [2.75, 3.05) is 0 Å². The summed E-state index contributed by atoms with van der Waals surface area (Å²) in [7, 11) is 0. The molecule has 0 aliphatic heterocycles. The van der Waals surface area contributed by atoms with Crippen LogP contribution in [0.3, 0.4) is 0 Å². The fraction of sp³-hybridized carbons (Fsp3) is 0.833. The van der Waals surface area contributed by atoms with Crippen molar-refractivity contribution in [3.63, 3.8) is 0 Å². The third-order valence-electron chi connectivity index (χ3n) is 6.25. The van der Waals surface area contributed by atoms with Gasteiger partial charge in [0.05, 0.1) is 12.8 Å². The van der Waals surface area contributed by atoms with E-state index in [4.69, 9.17) is 20.4 Å². The van der Waals surface area contributed by atoms with E-state index in [1.807, 2.05) is 0 Å². The van der Waals surface area contributed by atoms with Gasteiger partial charge >= 0.3 is 37.4 Å². The van der Waals surface area contributed by atoms with E-state index in [9.17, 15) is 34.2 Å². The molecule has 0 atom stereocenters. The second-order valence-electron chi connectivity index (χ2n) is 10.4. The summed E-state index contributed by atoms with van der Waals surface area (Å²) >= 11 is 0. The minimum atomic E-state index is -2.74. The molecule has 0 heterocycles. The van der Waals surface area contributed by atoms with Gasteiger partial charge in [-0.25, -0.2) is 4.79 Å². The number of carboxylic acids is 5. The topological polar surface area (TPSA) is 212 Å². The van der Waals surface area contributed by atoms with Crippen LogP contribution < -0.4 is 10.2 Å². The largest absolute Gasteiger partial charge is 2.00 e. The maximum Gasteiger partial charge on any atom is 2.00 e. The average molecular weight is 656 g/mol. The van der Waals surface area contributed by atoms with Crippen LogP contribution >= 0.6 is 0 Å². The zero-order valence-electron chi connectivity index (χ0n) is 25.9. The predicted molar refractivity (Wildman–Crippen MR) is 151 cm³/mol. The molecule has 0 aromatic heterocycles. The number of carbonyl (C=O) groups is 5. The molecular weight excluding hydrogens is 602 g/mol. The number of carbonyl (C=O) groups excluding carboxylic acids is 2. The molecule has 12 heteroatoms. The summed E-state index contributed by atoms with van der Waals surface area (Å²) in [5.74, 6) is -6.84. The number of rotatable bonds is 25. The van der Waals surface area contributed by atoms with Gasteiger partial charge in [-0.2, -0.15) is 0 Å². The van der Waals surface area contributed by atoms with Crippen molar-refractivity contribution in [1.29, 1.82) is 0 Å². The van der Waals surface area contributed by atoms with Gasteiger partial charge in [-0.3, -0.25) is 9.59 Å². The van der Waals surface area contributed by atoms with Crippen molar-refractivity contribution in [2.45, 2.75) is 161 Å². The third kappa shape index (κ3) is 40.1. The second kappa shape index (κ2) is 33.4. The Kier molecular flexibility index (Phi) is 37.3. The van der Waals surface area contributed by atoms with Gasteiger partial charge in [-0.1, -0.05) is 117 Å². The molecule has 0 aromatic rings. The van der Waals surface area contributed by atoms with Crippen molar-refractivity contribution in [1.82, 2.24) is 0 Å². The van der Waals surface area contributed by atoms with Crippen LogP contribution in [0, 0.1) is 0 Å². The Morgan fingerprint density at radius 2 is 0.738 bits per heavy atom. The predicted octanol–water partition coefficient (Wildman–Crippen LogP) is 4.06. The molecule has 0 rings (SSSR count). The monoisotopic (exact) mass is 654 g/mol. The molecule has 0 radical (unpaired) electrons. The maximum atomic E-state index is 10.3. The first kappa shape index (κ1) is 46.9. The van der Waals surface area contributed by atoms with E-state index in [1.54, 1.807) is 0 Å². The molecule has 0 fully saturated rings. The minimum Gasteiger partial charge on any atom is -0.550 e. The van der Waals surface area contributed by atoms with Gasteiger partial charge in [-0.15, -0.1) is 0 Å². The Morgan fingerprint density at radius 3 is 0.929 bits per heavy atom. The van der Waals surface area contributed by atoms with Crippen LogP contribution in [-0.2, 0) is 43.5 Å². The van der Waals surface area contributed by atoms with Gasteiger partial charge in [0.25, 0.3) is 0 Å². The first-order valence-corrected chi connectivity index (χ1v) is 15.1. The van der Waals surface area contributed by atoms with Crippen molar-refractivity contribution in [3.05, 3.63) is 0 Å². The van der Waals surface area contributed by atoms with Crippen molar-refractivity contribution in [3.8, 4) is 0 Å². The molecule has 42 heavy (non-hydrogen) atoms. The SMILES string of the molecule is CCCCCCCCCCCC(=O)[O-].CCCCCCCCCCCC(=O)[O-].O=C(O)CC(O)(CC(=O)O)C(=O)O.[Zn+2]. The fourth-order valence-electron chi connectivity index (χ4n) is 3.87. The summed E-state index contributed by atoms with van der Waals surface area (Å²) in [5, 5.41) is 54.0. The Bertz CT molecular complexity index is 651. The van der Waals surface area contributed by atoms with Gasteiger partial charge in [0.15, 0.2) is 5.60 Å². The summed E-state index contributed by atoms with van der Waals surface area (Å²) < 4.78 is 0. The minimum absolute atomic E-state index is 0. The molecule has 0 aromatic carbocycles. The van der Waals surface area contributed by atoms with Crippen LogP contribution in [0.5, 0.6) is 0 Å². The number of hydrogen-bond acceptors (Lipinski definition) is 8. The number of aliphatic carboxylic acids is 5. The number of carboxylic acid groups (broad SMARTS) is 5. The van der Waals surface area contributed by atoms with Crippen LogP contribution in [0.2, 0.25) is 0 Å². The second-order valence-corrected chi connectivity index (χ2v) is 10.4. The van der Waals surface area contributed by atoms with Gasteiger partial charge < -0.3 is 40.2 Å². The molecule has 0 saturated heterocycles. The molecule has 0 aliphatic carbocycles. The number of aliphatic hydroxyl groups is 1. The summed E-state index contributed by atoms with van der Waals surface area (Å²) in [4.78, 5) is 50.7. The molecule has 242 valence electrons. The van der Waals surface area contributed by atoms with Gasteiger partial charge in [0.1, 0.15) is 0 Å². The molecule has 0 unspecified atom stereocenters. The van der Waals surface area contributed by atoms with E-state index in [0.29, 0.717) is 0 Å². The van der Waals surface area contributed by atoms with Crippen LogP contribution in [-0.4, -0.2) is 55.9 Å². The van der Waals surface area contributed by atoms with Gasteiger partial charge in [0.2, 0.25) is 0 Å². The third-order valence-corrected chi connectivity index (χ3v) is 6.25. The Morgan fingerprint density at radius 1 is 0.500 bits per heavy atom. The molecule has 0 amide bonds. The zero-order valence-corrected chi connectivity index (χ0v) is 28.9. The van der Waals surface area contributed by atoms with E-state index in [-0.39, 0.29) is 32.3 Å². The van der Waals surface area contributed by atoms with E-state index in [2.05, 4.69) is 13.8 Å². The zero-order chi connectivity index (χ0) is 31.9. The summed E-state index contributed by atoms with van der Waals surface area (Å²) in [6.45, 7) is 4.44. The van der Waals surface area contributed by atoms with Crippen molar-refractivity contribution in [2.24, 2.45) is 0 Å². The van der Waals surface area contributed by atoms with Crippen LogP contribution in [0.4, 0.5) is 0 Å². The summed E-state index contributed by atoms with van der Waals surface area (Å²) in [6.07, 6.45) is 20.0. The Hall–Kier alpha value is -2.07. The first-order chi connectivity index (χ1) is 19.3. The Balaban J connectivity index is -0.000000255. The van der Waals surface area contributed by atoms with E-state index in [1.165, 1.54) is 89.9 Å². The van der Waals surface area contributed by atoms with E-state index >= 15 is 0 Å². The maximum absolute atomic E-state index is 10.3. The van der Waals surface area contributed by atoms with Gasteiger partial charge in [0, 0.05) is 11.9 Å². The van der Waals surface area contributed by atoms with Crippen LogP contribution in [0.15, 0.2) is 0 Å². The summed E-state index contributed by atoms with van der Waals surface area (Å²) in [5.41, 5.74) is -2.74. The number of unbranched alkanes of at least 4 members (excludes halogenated alkanes) is 16. The normalized spacial score (nSPS) is 10.3.